The van der Waals surface area contributed by atoms with E-state index in [2.05, 4.69) is 25.1 Å². The number of rotatable bonds is 3. The minimum atomic E-state index is -0.916. The Morgan fingerprint density at radius 2 is 1.74 bits per heavy atom. The van der Waals surface area contributed by atoms with E-state index in [0.717, 1.165) is 16.7 Å². The molecule has 0 aliphatic carbocycles. The molecule has 0 aromatic heterocycles. The number of benzene rings is 2. The summed E-state index contributed by atoms with van der Waals surface area (Å²) in [5.41, 5.74) is 5.22. The molecule has 2 nitrogen and oxygen atoms in total. The Hall–Kier alpha value is -2.35. The average molecular weight is 252 g/mol. The Kier molecular flexibility index (Phi) is 3.81. The molecule has 2 aromatic carbocycles. The first-order valence-electron chi connectivity index (χ1n) is 6.15. The molecule has 0 aliphatic heterocycles. The van der Waals surface area contributed by atoms with Gasteiger partial charge in [-0.1, -0.05) is 54.1 Å². The Morgan fingerprint density at radius 1 is 1.05 bits per heavy atom. The SMILES string of the molecule is C/C(=C/C(=O)O)c1ccc(-c2cccc(C)c2)cc1. The van der Waals surface area contributed by atoms with Gasteiger partial charge in [0.15, 0.2) is 0 Å². The van der Waals surface area contributed by atoms with E-state index < -0.39 is 5.97 Å². The molecule has 0 aliphatic rings. The smallest absolute Gasteiger partial charge is 0.328 e. The summed E-state index contributed by atoms with van der Waals surface area (Å²) < 4.78 is 0. The second-order valence-electron chi connectivity index (χ2n) is 4.61. The summed E-state index contributed by atoms with van der Waals surface area (Å²) in [5, 5.41) is 8.73. The number of hydrogen-bond donors (Lipinski definition) is 1. The highest BCUT2D eigenvalue weighted by Crippen LogP contribution is 2.23. The average Bonchev–Trinajstić information content (AvgIpc) is 2.38. The molecule has 0 saturated heterocycles. The second kappa shape index (κ2) is 5.53. The van der Waals surface area contributed by atoms with Crippen molar-refractivity contribution in [1.29, 1.82) is 0 Å². The molecule has 0 bridgehead atoms. The number of aryl methyl sites for hydroxylation is 1. The van der Waals surface area contributed by atoms with Crippen LogP contribution in [0.1, 0.15) is 18.1 Å². The van der Waals surface area contributed by atoms with Crippen LogP contribution in [0.3, 0.4) is 0 Å². The van der Waals surface area contributed by atoms with Crippen molar-refractivity contribution in [2.24, 2.45) is 0 Å². The van der Waals surface area contributed by atoms with Crippen LogP contribution in [0.15, 0.2) is 54.6 Å². The molecule has 0 radical (unpaired) electrons. The standard InChI is InChI=1S/C17H16O2/c1-12-4-3-5-16(10-12)15-8-6-14(7-9-15)13(2)11-17(18)19/h3-11H,1-2H3,(H,18,19)/b13-11-. The Balaban J connectivity index is 2.31. The van der Waals surface area contributed by atoms with Crippen molar-refractivity contribution < 1.29 is 9.90 Å². The van der Waals surface area contributed by atoms with Gasteiger partial charge in [0.25, 0.3) is 0 Å². The quantitative estimate of drug-likeness (QED) is 0.833. The van der Waals surface area contributed by atoms with E-state index in [4.69, 9.17) is 5.11 Å². The molecule has 0 amide bonds. The lowest BCUT2D eigenvalue weighted by Gasteiger charge is -2.05. The van der Waals surface area contributed by atoms with E-state index in [1.165, 1.54) is 17.2 Å². The van der Waals surface area contributed by atoms with E-state index in [0.29, 0.717) is 0 Å². The van der Waals surface area contributed by atoms with Crippen molar-refractivity contribution >= 4 is 11.5 Å². The zero-order valence-corrected chi connectivity index (χ0v) is 11.1. The Morgan fingerprint density at radius 3 is 2.32 bits per heavy atom. The molecular weight excluding hydrogens is 236 g/mol. The topological polar surface area (TPSA) is 37.3 Å². The first-order chi connectivity index (χ1) is 9.06. The molecule has 0 heterocycles. The zero-order chi connectivity index (χ0) is 13.8. The summed E-state index contributed by atoms with van der Waals surface area (Å²) in [6.45, 7) is 3.87. The lowest BCUT2D eigenvalue weighted by atomic mass is 10.00. The summed E-state index contributed by atoms with van der Waals surface area (Å²) >= 11 is 0. The highest BCUT2D eigenvalue weighted by molar-refractivity contribution is 5.89. The van der Waals surface area contributed by atoms with Gasteiger partial charge in [0, 0.05) is 6.08 Å². The lowest BCUT2D eigenvalue weighted by Crippen LogP contribution is -1.90. The Labute approximate surface area is 113 Å². The van der Waals surface area contributed by atoms with E-state index in [1.54, 1.807) is 6.92 Å². The highest BCUT2D eigenvalue weighted by Gasteiger charge is 2.01. The van der Waals surface area contributed by atoms with Crippen LogP contribution in [0.2, 0.25) is 0 Å². The molecule has 2 heteroatoms. The van der Waals surface area contributed by atoms with Gasteiger partial charge in [-0.05, 0) is 36.1 Å². The number of aliphatic carboxylic acids is 1. The normalized spacial score (nSPS) is 11.4. The fourth-order valence-corrected chi connectivity index (χ4v) is 2.02. The van der Waals surface area contributed by atoms with Crippen molar-refractivity contribution in [2.75, 3.05) is 0 Å². The van der Waals surface area contributed by atoms with Crippen LogP contribution in [0.5, 0.6) is 0 Å². The van der Waals surface area contributed by atoms with Crippen molar-refractivity contribution in [3.05, 3.63) is 65.7 Å². The molecule has 0 spiro atoms. The molecule has 1 N–H and O–H groups in total. The summed E-state index contributed by atoms with van der Waals surface area (Å²) in [7, 11) is 0. The van der Waals surface area contributed by atoms with Gasteiger partial charge in [0.1, 0.15) is 0 Å². The second-order valence-corrected chi connectivity index (χ2v) is 4.61. The van der Waals surface area contributed by atoms with E-state index in [-0.39, 0.29) is 0 Å². The highest BCUT2D eigenvalue weighted by atomic mass is 16.4. The monoisotopic (exact) mass is 252 g/mol. The Bertz CT molecular complexity index is 622. The first kappa shape index (κ1) is 13.1. The number of carbonyl (C=O) groups is 1. The third-order valence-corrected chi connectivity index (χ3v) is 3.03. The lowest BCUT2D eigenvalue weighted by molar-refractivity contribution is -0.131. The van der Waals surface area contributed by atoms with Crippen molar-refractivity contribution in [2.45, 2.75) is 13.8 Å². The summed E-state index contributed by atoms with van der Waals surface area (Å²) in [5.74, 6) is -0.916. The van der Waals surface area contributed by atoms with Crippen LogP contribution in [-0.2, 0) is 4.79 Å². The van der Waals surface area contributed by atoms with Gasteiger partial charge >= 0.3 is 5.97 Å². The zero-order valence-electron chi connectivity index (χ0n) is 11.1. The summed E-state index contributed by atoms with van der Waals surface area (Å²) in [6, 6.07) is 16.2. The van der Waals surface area contributed by atoms with Gasteiger partial charge in [-0.2, -0.15) is 0 Å². The maximum atomic E-state index is 10.6. The van der Waals surface area contributed by atoms with Crippen molar-refractivity contribution in [1.82, 2.24) is 0 Å². The summed E-state index contributed by atoms with van der Waals surface area (Å²) in [6.07, 6.45) is 1.22. The van der Waals surface area contributed by atoms with Crippen LogP contribution < -0.4 is 0 Å². The molecule has 19 heavy (non-hydrogen) atoms. The molecule has 2 rings (SSSR count). The van der Waals surface area contributed by atoms with Crippen LogP contribution in [0.4, 0.5) is 0 Å². The van der Waals surface area contributed by atoms with Gasteiger partial charge in [0.2, 0.25) is 0 Å². The van der Waals surface area contributed by atoms with Crippen LogP contribution in [0.25, 0.3) is 16.7 Å². The molecule has 2 aromatic rings. The molecule has 0 saturated carbocycles. The van der Waals surface area contributed by atoms with Crippen LogP contribution >= 0.6 is 0 Å². The van der Waals surface area contributed by atoms with Gasteiger partial charge in [-0.3, -0.25) is 0 Å². The number of allylic oxidation sites excluding steroid dienone is 1. The van der Waals surface area contributed by atoms with Crippen molar-refractivity contribution in [3.63, 3.8) is 0 Å². The summed E-state index contributed by atoms with van der Waals surface area (Å²) in [4.78, 5) is 10.6. The molecule has 0 fully saturated rings. The van der Waals surface area contributed by atoms with Crippen molar-refractivity contribution in [3.8, 4) is 11.1 Å². The third-order valence-electron chi connectivity index (χ3n) is 3.03. The number of carboxylic acid groups (broad SMARTS) is 1. The van der Waals surface area contributed by atoms with Gasteiger partial charge < -0.3 is 5.11 Å². The minimum absolute atomic E-state index is 0.753. The molecule has 96 valence electrons. The van der Waals surface area contributed by atoms with E-state index in [1.807, 2.05) is 30.3 Å². The van der Waals surface area contributed by atoms with Gasteiger partial charge in [0.05, 0.1) is 0 Å². The minimum Gasteiger partial charge on any atom is -0.478 e. The van der Waals surface area contributed by atoms with E-state index >= 15 is 0 Å². The van der Waals surface area contributed by atoms with E-state index in [9.17, 15) is 4.79 Å². The van der Waals surface area contributed by atoms with Gasteiger partial charge in [-0.25, -0.2) is 4.79 Å². The number of carboxylic acids is 1. The number of hydrogen-bond acceptors (Lipinski definition) is 1. The molecule has 0 unspecified atom stereocenters. The van der Waals surface area contributed by atoms with Crippen LogP contribution in [-0.4, -0.2) is 11.1 Å². The maximum absolute atomic E-state index is 10.6. The fourth-order valence-electron chi connectivity index (χ4n) is 2.02. The first-order valence-corrected chi connectivity index (χ1v) is 6.15. The third kappa shape index (κ3) is 3.32. The fraction of sp³-hybridized carbons (Fsp3) is 0.118. The van der Waals surface area contributed by atoms with Gasteiger partial charge in [-0.15, -0.1) is 0 Å². The predicted octanol–water partition coefficient (Wildman–Crippen LogP) is 4.15. The van der Waals surface area contributed by atoms with Crippen LogP contribution in [0, 0.1) is 6.92 Å². The largest absolute Gasteiger partial charge is 0.478 e. The molecule has 0 atom stereocenters. The molecular formula is C17H16O2. The maximum Gasteiger partial charge on any atom is 0.328 e. The predicted molar refractivity (Wildman–Crippen MR) is 77.9 cm³/mol.